The minimum absolute atomic E-state index is 0.212. The van der Waals surface area contributed by atoms with E-state index < -0.39 is 11.6 Å². The van der Waals surface area contributed by atoms with Gasteiger partial charge < -0.3 is 16.2 Å². The maximum atomic E-state index is 12.0. The zero-order chi connectivity index (χ0) is 15.3. The summed E-state index contributed by atoms with van der Waals surface area (Å²) in [5.41, 5.74) is 6.92. The summed E-state index contributed by atoms with van der Waals surface area (Å²) in [6.07, 6.45) is 0.632. The lowest BCUT2D eigenvalue weighted by atomic mass is 9.94. The maximum Gasteiger partial charge on any atom is 0.241 e. The number of hydrogen-bond donors (Lipinski definition) is 3. The van der Waals surface area contributed by atoms with Crippen molar-refractivity contribution in [3.63, 3.8) is 0 Å². The second-order valence-electron chi connectivity index (χ2n) is 6.20. The van der Waals surface area contributed by atoms with Crippen molar-refractivity contribution < 1.29 is 9.90 Å². The summed E-state index contributed by atoms with van der Waals surface area (Å²) in [5, 5.41) is 12.9. The largest absolute Gasteiger partial charge is 0.388 e. The number of amides is 1. The van der Waals surface area contributed by atoms with E-state index in [0.29, 0.717) is 12.3 Å². The number of carbonyl (C=O) groups is 1. The van der Waals surface area contributed by atoms with Gasteiger partial charge in [-0.25, -0.2) is 0 Å². The molecule has 0 bridgehead atoms. The molecule has 0 saturated carbocycles. The first-order valence-corrected chi connectivity index (χ1v) is 7.03. The van der Waals surface area contributed by atoms with E-state index in [1.165, 1.54) is 0 Å². The molecule has 2 unspecified atom stereocenters. The highest BCUT2D eigenvalue weighted by molar-refractivity contribution is 5.82. The second-order valence-corrected chi connectivity index (χ2v) is 6.20. The number of aryl methyl sites for hydroxylation is 1. The molecule has 0 aliphatic heterocycles. The molecule has 1 rings (SSSR count). The summed E-state index contributed by atoms with van der Waals surface area (Å²) >= 11 is 0. The van der Waals surface area contributed by atoms with Crippen molar-refractivity contribution >= 4 is 5.91 Å². The predicted molar refractivity (Wildman–Crippen MR) is 81.2 cm³/mol. The minimum atomic E-state index is -0.906. The van der Waals surface area contributed by atoms with Gasteiger partial charge in [0.15, 0.2) is 0 Å². The van der Waals surface area contributed by atoms with E-state index in [1.807, 2.05) is 45.0 Å². The first kappa shape index (κ1) is 16.7. The predicted octanol–water partition coefficient (Wildman–Crippen LogP) is 1.91. The van der Waals surface area contributed by atoms with Gasteiger partial charge in [-0.3, -0.25) is 4.79 Å². The molecule has 0 aliphatic rings. The Labute approximate surface area is 121 Å². The molecule has 112 valence electrons. The van der Waals surface area contributed by atoms with Gasteiger partial charge in [-0.2, -0.15) is 0 Å². The number of hydrogen-bond acceptors (Lipinski definition) is 3. The molecule has 0 radical (unpaired) electrons. The van der Waals surface area contributed by atoms with Crippen molar-refractivity contribution in [1.82, 2.24) is 5.32 Å². The highest BCUT2D eigenvalue weighted by Gasteiger charge is 2.24. The Morgan fingerprint density at radius 1 is 1.35 bits per heavy atom. The summed E-state index contributed by atoms with van der Waals surface area (Å²) in [5.74, 6) is 0.102. The molecule has 0 aliphatic carbocycles. The Kier molecular flexibility index (Phi) is 5.72. The van der Waals surface area contributed by atoms with Crippen LogP contribution in [0.3, 0.4) is 0 Å². The van der Waals surface area contributed by atoms with E-state index in [9.17, 15) is 9.90 Å². The summed E-state index contributed by atoms with van der Waals surface area (Å²) in [7, 11) is 0. The van der Waals surface area contributed by atoms with Crippen LogP contribution in [0.15, 0.2) is 24.3 Å². The van der Waals surface area contributed by atoms with Crippen LogP contribution >= 0.6 is 0 Å². The Balaban J connectivity index is 2.56. The van der Waals surface area contributed by atoms with Gasteiger partial charge in [0, 0.05) is 6.54 Å². The number of carbonyl (C=O) groups excluding carboxylic acids is 1. The van der Waals surface area contributed by atoms with Crippen LogP contribution in [0.4, 0.5) is 0 Å². The molecule has 4 nitrogen and oxygen atoms in total. The van der Waals surface area contributed by atoms with Crippen LogP contribution in [0.2, 0.25) is 0 Å². The topological polar surface area (TPSA) is 75.4 Å². The monoisotopic (exact) mass is 278 g/mol. The zero-order valence-electron chi connectivity index (χ0n) is 12.8. The summed E-state index contributed by atoms with van der Waals surface area (Å²) < 4.78 is 0. The SMILES string of the molecule is Cc1ccc(C(N)C(=O)NCC(C)(O)CC(C)C)cc1. The van der Waals surface area contributed by atoms with Gasteiger partial charge >= 0.3 is 0 Å². The molecule has 0 aromatic heterocycles. The number of nitrogens with two attached hydrogens (primary N) is 1. The quantitative estimate of drug-likeness (QED) is 0.744. The van der Waals surface area contributed by atoms with E-state index in [2.05, 4.69) is 5.32 Å². The Bertz CT molecular complexity index is 438. The average Bonchev–Trinajstić information content (AvgIpc) is 2.34. The Hall–Kier alpha value is -1.39. The smallest absolute Gasteiger partial charge is 0.241 e. The molecule has 4 heteroatoms. The van der Waals surface area contributed by atoms with Crippen LogP contribution in [0.5, 0.6) is 0 Å². The lowest BCUT2D eigenvalue weighted by Crippen LogP contribution is -2.44. The van der Waals surface area contributed by atoms with Gasteiger partial charge in [0.05, 0.1) is 5.60 Å². The molecule has 0 spiro atoms. The van der Waals surface area contributed by atoms with Crippen molar-refractivity contribution in [2.45, 2.75) is 45.8 Å². The molecule has 2 atom stereocenters. The summed E-state index contributed by atoms with van der Waals surface area (Å²) in [6, 6.07) is 6.86. The van der Waals surface area contributed by atoms with Crippen molar-refractivity contribution in [3.8, 4) is 0 Å². The number of nitrogens with one attached hydrogen (secondary N) is 1. The van der Waals surface area contributed by atoms with E-state index in [-0.39, 0.29) is 12.5 Å². The lowest BCUT2D eigenvalue weighted by molar-refractivity contribution is -0.123. The van der Waals surface area contributed by atoms with Crippen molar-refractivity contribution in [2.75, 3.05) is 6.54 Å². The van der Waals surface area contributed by atoms with E-state index in [0.717, 1.165) is 11.1 Å². The molecular weight excluding hydrogens is 252 g/mol. The van der Waals surface area contributed by atoms with E-state index in [4.69, 9.17) is 5.73 Å². The first-order valence-electron chi connectivity index (χ1n) is 7.03. The fraction of sp³-hybridized carbons (Fsp3) is 0.562. The molecule has 0 heterocycles. The molecule has 1 aromatic carbocycles. The third kappa shape index (κ3) is 5.31. The molecule has 20 heavy (non-hydrogen) atoms. The van der Waals surface area contributed by atoms with Crippen LogP contribution in [0.25, 0.3) is 0 Å². The van der Waals surface area contributed by atoms with Crippen LogP contribution < -0.4 is 11.1 Å². The molecule has 1 aromatic rings. The van der Waals surface area contributed by atoms with Crippen LogP contribution in [-0.4, -0.2) is 23.2 Å². The number of benzene rings is 1. The summed E-state index contributed by atoms with van der Waals surface area (Å²) in [6.45, 7) is 8.00. The number of aliphatic hydroxyl groups is 1. The van der Waals surface area contributed by atoms with Crippen molar-refractivity contribution in [1.29, 1.82) is 0 Å². The molecule has 0 fully saturated rings. The van der Waals surface area contributed by atoms with Gasteiger partial charge in [-0.05, 0) is 31.7 Å². The second kappa shape index (κ2) is 6.86. The van der Waals surface area contributed by atoms with Gasteiger partial charge in [0.1, 0.15) is 6.04 Å². The standard InChI is InChI=1S/C16H26N2O2/c1-11(2)9-16(4,20)10-18-15(19)14(17)13-7-5-12(3)6-8-13/h5-8,11,14,20H,9-10,17H2,1-4H3,(H,18,19). The van der Waals surface area contributed by atoms with Crippen LogP contribution in [0, 0.1) is 12.8 Å². The van der Waals surface area contributed by atoms with E-state index in [1.54, 1.807) is 6.92 Å². The fourth-order valence-corrected chi connectivity index (χ4v) is 2.26. The normalized spacial score (nSPS) is 15.8. The van der Waals surface area contributed by atoms with Crippen LogP contribution in [0.1, 0.15) is 44.4 Å². The molecule has 4 N–H and O–H groups in total. The van der Waals surface area contributed by atoms with Crippen LogP contribution in [-0.2, 0) is 4.79 Å². The lowest BCUT2D eigenvalue weighted by Gasteiger charge is -2.26. The zero-order valence-corrected chi connectivity index (χ0v) is 12.8. The Morgan fingerprint density at radius 2 is 1.90 bits per heavy atom. The molecule has 0 saturated heterocycles. The fourth-order valence-electron chi connectivity index (χ4n) is 2.26. The van der Waals surface area contributed by atoms with Crippen molar-refractivity contribution in [2.24, 2.45) is 11.7 Å². The minimum Gasteiger partial charge on any atom is -0.388 e. The van der Waals surface area contributed by atoms with Gasteiger partial charge in [0.2, 0.25) is 5.91 Å². The summed E-state index contributed by atoms with van der Waals surface area (Å²) in [4.78, 5) is 12.0. The average molecular weight is 278 g/mol. The third-order valence-electron chi connectivity index (χ3n) is 3.21. The number of rotatable bonds is 6. The van der Waals surface area contributed by atoms with Gasteiger partial charge in [0.25, 0.3) is 0 Å². The maximum absolute atomic E-state index is 12.0. The Morgan fingerprint density at radius 3 is 2.40 bits per heavy atom. The highest BCUT2D eigenvalue weighted by atomic mass is 16.3. The molecular formula is C16H26N2O2. The van der Waals surface area contributed by atoms with Gasteiger partial charge in [-0.1, -0.05) is 43.7 Å². The third-order valence-corrected chi connectivity index (χ3v) is 3.21. The van der Waals surface area contributed by atoms with Gasteiger partial charge in [-0.15, -0.1) is 0 Å². The highest BCUT2D eigenvalue weighted by Crippen LogP contribution is 2.16. The first-order chi connectivity index (χ1) is 9.21. The van der Waals surface area contributed by atoms with E-state index >= 15 is 0 Å². The molecule has 1 amide bonds. The van der Waals surface area contributed by atoms with Crippen molar-refractivity contribution in [3.05, 3.63) is 35.4 Å².